The summed E-state index contributed by atoms with van der Waals surface area (Å²) in [5, 5.41) is 4.25. The molecule has 2 rings (SSSR count). The highest BCUT2D eigenvalue weighted by Gasteiger charge is 2.24. The summed E-state index contributed by atoms with van der Waals surface area (Å²) in [4.78, 5) is 4.32. The van der Waals surface area contributed by atoms with Crippen LogP contribution in [0.3, 0.4) is 0 Å². The summed E-state index contributed by atoms with van der Waals surface area (Å²) in [6.45, 7) is 2.22. The summed E-state index contributed by atoms with van der Waals surface area (Å²) in [5.74, 6) is 2.02. The van der Waals surface area contributed by atoms with Crippen LogP contribution in [0.15, 0.2) is 16.7 Å². The van der Waals surface area contributed by atoms with E-state index in [0.717, 1.165) is 15.5 Å². The molecule has 0 aromatic carbocycles. The SMILES string of the molecule is CCSC1CCC(Nc2ncc(Br)cc2N)C1. The number of hydrogen-bond acceptors (Lipinski definition) is 4. The van der Waals surface area contributed by atoms with Crippen molar-refractivity contribution in [2.45, 2.75) is 37.5 Å². The Balaban J connectivity index is 1.93. The van der Waals surface area contributed by atoms with E-state index < -0.39 is 0 Å². The van der Waals surface area contributed by atoms with E-state index in [1.165, 1.54) is 25.0 Å². The molecule has 3 N–H and O–H groups in total. The van der Waals surface area contributed by atoms with Crippen molar-refractivity contribution < 1.29 is 0 Å². The predicted octanol–water partition coefficient (Wildman–Crippen LogP) is 3.51. The molecule has 1 saturated carbocycles. The van der Waals surface area contributed by atoms with Crippen molar-refractivity contribution in [3.05, 3.63) is 16.7 Å². The van der Waals surface area contributed by atoms with Gasteiger partial charge >= 0.3 is 0 Å². The van der Waals surface area contributed by atoms with Crippen molar-refractivity contribution in [3.63, 3.8) is 0 Å². The van der Waals surface area contributed by atoms with Crippen molar-refractivity contribution in [1.82, 2.24) is 4.98 Å². The Morgan fingerprint density at radius 2 is 2.41 bits per heavy atom. The van der Waals surface area contributed by atoms with Crippen molar-refractivity contribution in [1.29, 1.82) is 0 Å². The average Bonchev–Trinajstić information content (AvgIpc) is 2.71. The molecule has 5 heteroatoms. The number of rotatable bonds is 4. The van der Waals surface area contributed by atoms with Gasteiger partial charge in [0.05, 0.1) is 5.69 Å². The Kier molecular flexibility index (Phi) is 4.56. The molecule has 1 aromatic heterocycles. The predicted molar refractivity (Wildman–Crippen MR) is 79.5 cm³/mol. The number of thioether (sulfide) groups is 1. The summed E-state index contributed by atoms with van der Waals surface area (Å²) in [6, 6.07) is 2.41. The molecule has 1 aliphatic carbocycles. The number of hydrogen-bond donors (Lipinski definition) is 2. The molecule has 1 aliphatic rings. The third-order valence-electron chi connectivity index (χ3n) is 3.01. The van der Waals surface area contributed by atoms with Gasteiger partial charge < -0.3 is 11.1 Å². The number of pyridine rings is 1. The van der Waals surface area contributed by atoms with Crippen molar-refractivity contribution >= 4 is 39.2 Å². The second-order valence-electron chi connectivity index (χ2n) is 4.32. The Morgan fingerprint density at radius 1 is 1.59 bits per heavy atom. The topological polar surface area (TPSA) is 50.9 Å². The van der Waals surface area contributed by atoms with Crippen LogP contribution in [0.1, 0.15) is 26.2 Å². The third kappa shape index (κ3) is 3.52. The quantitative estimate of drug-likeness (QED) is 0.892. The highest BCUT2D eigenvalue weighted by Crippen LogP contribution is 2.32. The second kappa shape index (κ2) is 5.96. The van der Waals surface area contributed by atoms with E-state index in [2.05, 4.69) is 44.9 Å². The molecule has 94 valence electrons. The molecule has 17 heavy (non-hydrogen) atoms. The molecule has 0 aliphatic heterocycles. The molecule has 0 amide bonds. The van der Waals surface area contributed by atoms with Gasteiger partial charge in [-0.15, -0.1) is 0 Å². The Labute approximate surface area is 115 Å². The smallest absolute Gasteiger partial charge is 0.149 e. The van der Waals surface area contributed by atoms with E-state index in [9.17, 15) is 0 Å². The van der Waals surface area contributed by atoms with Crippen LogP contribution in [0.5, 0.6) is 0 Å². The van der Waals surface area contributed by atoms with Gasteiger partial charge in [-0.25, -0.2) is 4.98 Å². The van der Waals surface area contributed by atoms with Crippen molar-refractivity contribution in [3.8, 4) is 0 Å². The molecule has 0 spiro atoms. The first kappa shape index (κ1) is 13.0. The van der Waals surface area contributed by atoms with E-state index in [-0.39, 0.29) is 0 Å². The lowest BCUT2D eigenvalue weighted by atomic mass is 10.2. The minimum atomic E-state index is 0.523. The molecule has 1 aromatic rings. The maximum Gasteiger partial charge on any atom is 0.149 e. The second-order valence-corrected chi connectivity index (χ2v) is 6.82. The zero-order valence-corrected chi connectivity index (χ0v) is 12.4. The van der Waals surface area contributed by atoms with Crippen LogP contribution in [0.2, 0.25) is 0 Å². The van der Waals surface area contributed by atoms with Gasteiger partial charge in [0.1, 0.15) is 5.82 Å². The van der Waals surface area contributed by atoms with Crippen LogP contribution in [0.25, 0.3) is 0 Å². The number of aromatic nitrogens is 1. The first-order chi connectivity index (χ1) is 8.19. The van der Waals surface area contributed by atoms with Gasteiger partial charge in [-0.3, -0.25) is 0 Å². The molecule has 0 saturated heterocycles. The monoisotopic (exact) mass is 315 g/mol. The van der Waals surface area contributed by atoms with Gasteiger partial charge in [0.25, 0.3) is 0 Å². The van der Waals surface area contributed by atoms with E-state index in [1.54, 1.807) is 6.20 Å². The standard InChI is InChI=1S/C12H18BrN3S/c1-2-17-10-4-3-9(6-10)16-12-11(14)5-8(13)7-15-12/h5,7,9-10H,2-4,6,14H2,1H3,(H,15,16). The summed E-state index contributed by atoms with van der Waals surface area (Å²) in [5.41, 5.74) is 6.65. The van der Waals surface area contributed by atoms with Gasteiger partial charge in [0.15, 0.2) is 0 Å². The Bertz CT molecular complexity index is 386. The van der Waals surface area contributed by atoms with Crippen molar-refractivity contribution in [2.24, 2.45) is 0 Å². The van der Waals surface area contributed by atoms with Crippen LogP contribution in [-0.4, -0.2) is 22.0 Å². The molecule has 2 unspecified atom stereocenters. The van der Waals surface area contributed by atoms with E-state index >= 15 is 0 Å². The fourth-order valence-electron chi connectivity index (χ4n) is 2.23. The van der Waals surface area contributed by atoms with Crippen LogP contribution in [0, 0.1) is 0 Å². The maximum atomic E-state index is 5.93. The molecule has 2 atom stereocenters. The fraction of sp³-hybridized carbons (Fsp3) is 0.583. The number of nitrogens with one attached hydrogen (secondary N) is 1. The largest absolute Gasteiger partial charge is 0.396 e. The van der Waals surface area contributed by atoms with E-state index in [0.29, 0.717) is 11.7 Å². The normalized spacial score (nSPS) is 23.9. The number of nitrogens with zero attached hydrogens (tertiary/aromatic N) is 1. The van der Waals surface area contributed by atoms with E-state index in [4.69, 9.17) is 5.73 Å². The fourth-order valence-corrected chi connectivity index (χ4v) is 3.72. The highest BCUT2D eigenvalue weighted by atomic mass is 79.9. The molecular formula is C12H18BrN3S. The first-order valence-corrected chi connectivity index (χ1v) is 7.82. The molecule has 3 nitrogen and oxygen atoms in total. The van der Waals surface area contributed by atoms with E-state index in [1.807, 2.05) is 6.07 Å². The number of halogens is 1. The lowest BCUT2D eigenvalue weighted by Crippen LogP contribution is -2.18. The van der Waals surface area contributed by atoms with Gasteiger partial charge in [0, 0.05) is 22.0 Å². The average molecular weight is 316 g/mol. The lowest BCUT2D eigenvalue weighted by Gasteiger charge is -2.15. The zero-order valence-electron chi connectivity index (χ0n) is 9.95. The van der Waals surface area contributed by atoms with Crippen LogP contribution in [0.4, 0.5) is 11.5 Å². The lowest BCUT2D eigenvalue weighted by molar-refractivity contribution is 0.752. The minimum absolute atomic E-state index is 0.523. The van der Waals surface area contributed by atoms with Crippen LogP contribution < -0.4 is 11.1 Å². The molecule has 1 heterocycles. The van der Waals surface area contributed by atoms with Gasteiger partial charge in [-0.2, -0.15) is 11.8 Å². The first-order valence-electron chi connectivity index (χ1n) is 5.98. The molecule has 1 fully saturated rings. The molecule has 0 radical (unpaired) electrons. The minimum Gasteiger partial charge on any atom is -0.396 e. The van der Waals surface area contributed by atoms with Gasteiger partial charge in [0.2, 0.25) is 0 Å². The number of nitrogens with two attached hydrogens (primary N) is 1. The summed E-state index contributed by atoms with van der Waals surface area (Å²) < 4.78 is 0.923. The zero-order chi connectivity index (χ0) is 12.3. The number of anilines is 2. The third-order valence-corrected chi connectivity index (χ3v) is 4.68. The summed E-state index contributed by atoms with van der Waals surface area (Å²) >= 11 is 5.43. The van der Waals surface area contributed by atoms with Crippen LogP contribution >= 0.6 is 27.7 Å². The van der Waals surface area contributed by atoms with Gasteiger partial charge in [-0.1, -0.05) is 6.92 Å². The number of nitrogen functional groups attached to an aromatic ring is 1. The molecule has 0 bridgehead atoms. The van der Waals surface area contributed by atoms with Gasteiger partial charge in [-0.05, 0) is 47.0 Å². The Morgan fingerprint density at radius 3 is 3.12 bits per heavy atom. The summed E-state index contributed by atoms with van der Waals surface area (Å²) in [7, 11) is 0. The van der Waals surface area contributed by atoms with Crippen molar-refractivity contribution in [2.75, 3.05) is 16.8 Å². The summed E-state index contributed by atoms with van der Waals surface area (Å²) in [6.07, 6.45) is 5.52. The highest BCUT2D eigenvalue weighted by molar-refractivity contribution is 9.10. The van der Waals surface area contributed by atoms with Crippen LogP contribution in [-0.2, 0) is 0 Å². The molecular weight excluding hydrogens is 298 g/mol. The Hall–Kier alpha value is -0.420. The maximum absolute atomic E-state index is 5.93.